The number of ketones is 1. The first-order valence-corrected chi connectivity index (χ1v) is 9.34. The van der Waals surface area contributed by atoms with Gasteiger partial charge in [-0.2, -0.15) is 0 Å². The van der Waals surface area contributed by atoms with Crippen LogP contribution in [0, 0.1) is 34.5 Å². The van der Waals surface area contributed by atoms with Gasteiger partial charge in [0.25, 0.3) is 0 Å². The number of rotatable bonds is 1. The Morgan fingerprint density at radius 3 is 2.70 bits per heavy atom. The number of allylic oxidation sites excluding steroid dienone is 2. The summed E-state index contributed by atoms with van der Waals surface area (Å²) in [5, 5.41) is 9.45. The predicted molar refractivity (Wildman–Crippen MR) is 87.8 cm³/mol. The number of hydrogen-bond acceptors (Lipinski definition) is 2. The van der Waals surface area contributed by atoms with Crippen LogP contribution in [0.2, 0.25) is 0 Å². The maximum absolute atomic E-state index is 12.7. The molecule has 4 aliphatic carbocycles. The lowest BCUT2D eigenvalue weighted by atomic mass is 9.48. The molecule has 0 bridgehead atoms. The molecule has 0 heterocycles. The Kier molecular flexibility index (Phi) is 3.31. The normalized spacial score (nSPS) is 49.0. The van der Waals surface area contributed by atoms with Crippen LogP contribution in [0.25, 0.3) is 0 Å². The van der Waals surface area contributed by atoms with Crippen molar-refractivity contribution in [1.29, 1.82) is 0 Å². The lowest BCUT2D eigenvalue weighted by molar-refractivity contribution is -0.147. The molecule has 0 aromatic rings. The van der Waals surface area contributed by atoms with Crippen LogP contribution in [-0.4, -0.2) is 16.9 Å². The van der Waals surface area contributed by atoms with E-state index in [0.717, 1.165) is 19.3 Å². The highest BCUT2D eigenvalue weighted by Gasteiger charge is 2.61. The third-order valence-corrected chi connectivity index (χ3v) is 8.07. The highest BCUT2D eigenvalue weighted by atomic mass is 16.4. The van der Waals surface area contributed by atoms with Crippen molar-refractivity contribution in [3.8, 4) is 0 Å². The Hall–Kier alpha value is -1.12. The number of fused-ring (bicyclic) bond motifs is 5. The summed E-state index contributed by atoms with van der Waals surface area (Å²) in [6.45, 7) is 4.50. The topological polar surface area (TPSA) is 54.4 Å². The molecule has 3 saturated carbocycles. The van der Waals surface area contributed by atoms with Gasteiger partial charge in [0.15, 0.2) is 5.78 Å². The van der Waals surface area contributed by atoms with Crippen molar-refractivity contribution in [1.82, 2.24) is 0 Å². The summed E-state index contributed by atoms with van der Waals surface area (Å²) in [5.74, 6) is -0.218. The number of carbonyl (C=O) groups is 2. The first-order valence-electron chi connectivity index (χ1n) is 9.34. The van der Waals surface area contributed by atoms with Crippen LogP contribution in [0.4, 0.5) is 0 Å². The molecule has 0 saturated heterocycles. The number of carboxylic acid groups (broad SMARTS) is 1. The van der Waals surface area contributed by atoms with E-state index in [4.69, 9.17) is 0 Å². The van der Waals surface area contributed by atoms with Crippen LogP contribution in [0.3, 0.4) is 0 Å². The molecule has 1 N–H and O–H groups in total. The predicted octanol–water partition coefficient (Wildman–Crippen LogP) is 4.22. The van der Waals surface area contributed by atoms with Crippen LogP contribution in [-0.2, 0) is 9.59 Å². The van der Waals surface area contributed by atoms with Crippen molar-refractivity contribution in [3.63, 3.8) is 0 Å². The van der Waals surface area contributed by atoms with Gasteiger partial charge in [0.05, 0.1) is 0 Å². The van der Waals surface area contributed by atoms with Gasteiger partial charge in [-0.1, -0.05) is 31.9 Å². The van der Waals surface area contributed by atoms with Gasteiger partial charge in [-0.05, 0) is 68.1 Å². The minimum Gasteiger partial charge on any atom is -0.481 e. The van der Waals surface area contributed by atoms with Crippen LogP contribution in [0.5, 0.6) is 0 Å². The maximum atomic E-state index is 12.7. The lowest BCUT2D eigenvalue weighted by Gasteiger charge is -2.56. The highest BCUT2D eigenvalue weighted by Crippen LogP contribution is 2.64. The summed E-state index contributed by atoms with van der Waals surface area (Å²) >= 11 is 0. The standard InChI is InChI=1S/C20H28O3/c1-19-9-4-3-5-12(19)6-7-13-15(19)8-10-20(2)16(13)11-14(17(20)21)18(22)23/h6,13-16H,3-5,7-11H2,1-2H3,(H,22,23)/t13-,14?,15-,16+,19+,20+/m1/s1. The van der Waals surface area contributed by atoms with Crippen molar-refractivity contribution in [2.24, 2.45) is 34.5 Å². The molecule has 23 heavy (non-hydrogen) atoms. The van der Waals surface area contributed by atoms with Gasteiger partial charge in [-0.15, -0.1) is 0 Å². The molecular formula is C20H28O3. The van der Waals surface area contributed by atoms with Gasteiger partial charge in [-0.3, -0.25) is 9.59 Å². The first kappa shape index (κ1) is 15.4. The number of Topliss-reactive ketones (excluding diaryl/α,β-unsaturated/α-hetero) is 1. The molecule has 0 aliphatic heterocycles. The van der Waals surface area contributed by atoms with Crippen molar-refractivity contribution >= 4 is 11.8 Å². The van der Waals surface area contributed by atoms with Crippen molar-refractivity contribution in [2.45, 2.75) is 65.2 Å². The van der Waals surface area contributed by atoms with E-state index in [2.05, 4.69) is 19.9 Å². The van der Waals surface area contributed by atoms with Crippen LogP contribution in [0.15, 0.2) is 11.6 Å². The third-order valence-electron chi connectivity index (χ3n) is 8.07. The highest BCUT2D eigenvalue weighted by molar-refractivity contribution is 6.03. The number of carboxylic acids is 1. The van der Waals surface area contributed by atoms with Crippen LogP contribution < -0.4 is 0 Å². The van der Waals surface area contributed by atoms with Crippen LogP contribution in [0.1, 0.15) is 65.2 Å². The largest absolute Gasteiger partial charge is 0.481 e. The van der Waals surface area contributed by atoms with E-state index in [1.165, 1.54) is 25.7 Å². The Morgan fingerprint density at radius 2 is 1.96 bits per heavy atom. The first-order chi connectivity index (χ1) is 10.9. The molecule has 0 amide bonds. The fourth-order valence-corrected chi connectivity index (χ4v) is 6.73. The second-order valence-electron chi connectivity index (χ2n) is 8.91. The molecule has 126 valence electrons. The number of carbonyl (C=O) groups excluding carboxylic acids is 1. The molecular weight excluding hydrogens is 288 g/mol. The summed E-state index contributed by atoms with van der Waals surface area (Å²) in [4.78, 5) is 24.3. The van der Waals surface area contributed by atoms with Crippen molar-refractivity contribution in [3.05, 3.63) is 11.6 Å². The minimum atomic E-state index is -0.905. The van der Waals surface area contributed by atoms with Crippen molar-refractivity contribution in [2.75, 3.05) is 0 Å². The molecule has 0 spiro atoms. The summed E-state index contributed by atoms with van der Waals surface area (Å²) in [6, 6.07) is 0. The Bertz CT molecular complexity index is 592. The fraction of sp³-hybridized carbons (Fsp3) is 0.800. The Labute approximate surface area is 138 Å². The molecule has 1 unspecified atom stereocenters. The summed E-state index contributed by atoms with van der Waals surface area (Å²) in [7, 11) is 0. The number of aliphatic carboxylic acids is 1. The fourth-order valence-electron chi connectivity index (χ4n) is 6.73. The molecule has 0 aromatic carbocycles. The third kappa shape index (κ3) is 1.94. The number of hydrogen-bond donors (Lipinski definition) is 1. The van der Waals surface area contributed by atoms with Crippen molar-refractivity contribution < 1.29 is 14.7 Å². The minimum absolute atomic E-state index is 0.0111. The average Bonchev–Trinajstić information content (AvgIpc) is 2.79. The van der Waals surface area contributed by atoms with Gasteiger partial charge in [0, 0.05) is 5.41 Å². The molecule has 6 atom stereocenters. The quantitative estimate of drug-likeness (QED) is 0.582. The lowest BCUT2D eigenvalue weighted by Crippen LogP contribution is -2.49. The summed E-state index contributed by atoms with van der Waals surface area (Å²) < 4.78 is 0. The summed E-state index contributed by atoms with van der Waals surface area (Å²) in [6.07, 6.45) is 11.3. The van der Waals surface area contributed by atoms with E-state index in [9.17, 15) is 14.7 Å². The van der Waals surface area contributed by atoms with E-state index < -0.39 is 11.9 Å². The zero-order chi connectivity index (χ0) is 16.4. The second kappa shape index (κ2) is 4.94. The monoisotopic (exact) mass is 316 g/mol. The molecule has 3 fully saturated rings. The van der Waals surface area contributed by atoms with Gasteiger partial charge in [-0.25, -0.2) is 0 Å². The van der Waals surface area contributed by atoms with Gasteiger partial charge in [0.2, 0.25) is 0 Å². The van der Waals surface area contributed by atoms with E-state index in [0.29, 0.717) is 23.7 Å². The van der Waals surface area contributed by atoms with E-state index in [1.807, 2.05) is 0 Å². The summed E-state index contributed by atoms with van der Waals surface area (Å²) in [5.41, 5.74) is 1.58. The zero-order valence-corrected chi connectivity index (χ0v) is 14.3. The SMILES string of the molecule is C[C@]12CCCCC1=CC[C@@H]1[C@H]2CC[C@]2(C)C(=O)C(C(=O)O)C[C@@H]12. The Balaban J connectivity index is 1.70. The zero-order valence-electron chi connectivity index (χ0n) is 14.3. The smallest absolute Gasteiger partial charge is 0.314 e. The average molecular weight is 316 g/mol. The van der Waals surface area contributed by atoms with Gasteiger partial charge < -0.3 is 5.11 Å². The Morgan fingerprint density at radius 1 is 1.17 bits per heavy atom. The van der Waals surface area contributed by atoms with E-state index >= 15 is 0 Å². The molecule has 4 rings (SSSR count). The molecule has 3 nitrogen and oxygen atoms in total. The maximum Gasteiger partial charge on any atom is 0.314 e. The molecule has 0 aromatic heterocycles. The molecule has 3 heteroatoms. The molecule has 0 radical (unpaired) electrons. The van der Waals surface area contributed by atoms with Gasteiger partial charge >= 0.3 is 5.97 Å². The van der Waals surface area contributed by atoms with Crippen LogP contribution >= 0.6 is 0 Å². The van der Waals surface area contributed by atoms with E-state index in [-0.39, 0.29) is 17.1 Å². The second-order valence-corrected chi connectivity index (χ2v) is 8.91. The molecule has 4 aliphatic rings. The van der Waals surface area contributed by atoms with E-state index in [1.54, 1.807) is 5.57 Å². The van der Waals surface area contributed by atoms with Gasteiger partial charge in [0.1, 0.15) is 5.92 Å².